The number of ether oxygens (including phenoxy) is 2. The van der Waals surface area contributed by atoms with Crippen molar-refractivity contribution in [1.29, 1.82) is 0 Å². The lowest BCUT2D eigenvalue weighted by Crippen LogP contribution is -2.43. The summed E-state index contributed by atoms with van der Waals surface area (Å²) >= 11 is 1.43. The van der Waals surface area contributed by atoms with Crippen LogP contribution >= 0.6 is 11.3 Å². The molecule has 6 nitrogen and oxygen atoms in total. The van der Waals surface area contributed by atoms with E-state index in [0.717, 1.165) is 25.9 Å². The molecule has 0 radical (unpaired) electrons. The normalized spacial score (nSPS) is 21.8. The standard InChI is InChI=1S/C12H17N3O3S/c16-12(14-11-13-3-8-19-11)15-4-1-9(2-5-15)10-17-6-7-18-10/h3,8-10H,1-2,4-7H2,(H,13,14,16). The highest BCUT2D eigenvalue weighted by Crippen LogP contribution is 2.26. The van der Waals surface area contributed by atoms with Crippen molar-refractivity contribution >= 4 is 22.5 Å². The molecule has 1 N–H and O–H groups in total. The Bertz CT molecular complexity index is 412. The second-order valence-electron chi connectivity index (χ2n) is 4.70. The first-order valence-corrected chi connectivity index (χ1v) is 7.39. The van der Waals surface area contributed by atoms with Gasteiger partial charge in [0.25, 0.3) is 0 Å². The summed E-state index contributed by atoms with van der Waals surface area (Å²) in [5, 5.41) is 5.30. The molecule has 0 saturated carbocycles. The molecule has 2 fully saturated rings. The van der Waals surface area contributed by atoms with Gasteiger partial charge in [-0.2, -0.15) is 0 Å². The number of likely N-dealkylation sites (tertiary alicyclic amines) is 1. The number of nitrogens with one attached hydrogen (secondary N) is 1. The van der Waals surface area contributed by atoms with Crippen molar-refractivity contribution in [2.75, 3.05) is 31.6 Å². The van der Waals surface area contributed by atoms with E-state index in [1.54, 1.807) is 6.20 Å². The molecule has 0 aliphatic carbocycles. The first kappa shape index (κ1) is 12.8. The van der Waals surface area contributed by atoms with Crippen LogP contribution in [0.4, 0.5) is 9.93 Å². The van der Waals surface area contributed by atoms with Crippen LogP contribution in [-0.4, -0.2) is 48.5 Å². The van der Waals surface area contributed by atoms with Gasteiger partial charge in [0, 0.05) is 30.6 Å². The first-order valence-electron chi connectivity index (χ1n) is 6.51. The van der Waals surface area contributed by atoms with Crippen LogP contribution in [-0.2, 0) is 9.47 Å². The monoisotopic (exact) mass is 283 g/mol. The lowest BCUT2D eigenvalue weighted by Gasteiger charge is -2.33. The van der Waals surface area contributed by atoms with E-state index in [9.17, 15) is 4.79 Å². The predicted molar refractivity (Wildman–Crippen MR) is 71.1 cm³/mol. The molecule has 0 spiro atoms. The van der Waals surface area contributed by atoms with Gasteiger partial charge >= 0.3 is 6.03 Å². The number of amides is 2. The van der Waals surface area contributed by atoms with Crippen LogP contribution in [0.2, 0.25) is 0 Å². The van der Waals surface area contributed by atoms with Gasteiger partial charge in [0.1, 0.15) is 0 Å². The lowest BCUT2D eigenvalue weighted by atomic mass is 9.96. The third-order valence-corrected chi connectivity index (χ3v) is 4.19. The number of aromatic nitrogens is 1. The highest BCUT2D eigenvalue weighted by molar-refractivity contribution is 7.13. The van der Waals surface area contributed by atoms with E-state index < -0.39 is 0 Å². The minimum absolute atomic E-state index is 0.0656. The Kier molecular flexibility index (Phi) is 3.95. The second-order valence-corrected chi connectivity index (χ2v) is 5.60. The minimum Gasteiger partial charge on any atom is -0.350 e. The number of carbonyl (C=O) groups excluding carboxylic acids is 1. The summed E-state index contributed by atoms with van der Waals surface area (Å²) in [4.78, 5) is 17.9. The van der Waals surface area contributed by atoms with Gasteiger partial charge < -0.3 is 14.4 Å². The van der Waals surface area contributed by atoms with E-state index in [1.807, 2.05) is 10.3 Å². The smallest absolute Gasteiger partial charge is 0.323 e. The Morgan fingerprint density at radius 3 is 2.74 bits per heavy atom. The van der Waals surface area contributed by atoms with Crippen LogP contribution in [0.5, 0.6) is 0 Å². The number of rotatable bonds is 2. The lowest BCUT2D eigenvalue weighted by molar-refractivity contribution is -0.0950. The fraction of sp³-hybridized carbons (Fsp3) is 0.667. The molecule has 1 aromatic rings. The Balaban J connectivity index is 1.48. The summed E-state index contributed by atoms with van der Waals surface area (Å²) in [5.74, 6) is 0.409. The summed E-state index contributed by atoms with van der Waals surface area (Å²) in [6.07, 6.45) is 3.47. The van der Waals surface area contributed by atoms with Gasteiger partial charge in [-0.15, -0.1) is 11.3 Å². The van der Waals surface area contributed by atoms with Gasteiger partial charge in [-0.25, -0.2) is 9.78 Å². The van der Waals surface area contributed by atoms with Crippen LogP contribution in [0.1, 0.15) is 12.8 Å². The molecule has 0 atom stereocenters. The zero-order valence-corrected chi connectivity index (χ0v) is 11.4. The van der Waals surface area contributed by atoms with E-state index in [4.69, 9.17) is 9.47 Å². The number of piperidine rings is 1. The van der Waals surface area contributed by atoms with Crippen LogP contribution < -0.4 is 5.32 Å². The molecule has 2 saturated heterocycles. The third kappa shape index (κ3) is 3.05. The van der Waals surface area contributed by atoms with Gasteiger partial charge in [0.2, 0.25) is 0 Å². The van der Waals surface area contributed by atoms with Crippen LogP contribution in [0.3, 0.4) is 0 Å². The molecule has 3 rings (SSSR count). The SMILES string of the molecule is O=C(Nc1nccs1)N1CCC(C2OCCO2)CC1. The Morgan fingerprint density at radius 2 is 2.11 bits per heavy atom. The van der Waals surface area contributed by atoms with Crippen molar-refractivity contribution in [2.45, 2.75) is 19.1 Å². The summed E-state index contributed by atoms with van der Waals surface area (Å²) in [5.41, 5.74) is 0. The highest BCUT2D eigenvalue weighted by Gasteiger charge is 2.31. The Labute approximate surface area is 115 Å². The molecule has 2 aliphatic heterocycles. The number of urea groups is 1. The average Bonchev–Trinajstić information content (AvgIpc) is 3.12. The molecule has 2 amide bonds. The molecular weight excluding hydrogens is 266 g/mol. The van der Waals surface area contributed by atoms with Crippen molar-refractivity contribution < 1.29 is 14.3 Å². The second kappa shape index (κ2) is 5.85. The molecule has 19 heavy (non-hydrogen) atoms. The molecule has 104 valence electrons. The van der Waals surface area contributed by atoms with Crippen LogP contribution in [0.25, 0.3) is 0 Å². The van der Waals surface area contributed by atoms with Crippen molar-refractivity contribution in [3.05, 3.63) is 11.6 Å². The highest BCUT2D eigenvalue weighted by atomic mass is 32.1. The van der Waals surface area contributed by atoms with E-state index in [0.29, 0.717) is 24.3 Å². The molecule has 3 heterocycles. The van der Waals surface area contributed by atoms with Gasteiger partial charge in [-0.3, -0.25) is 5.32 Å². The molecule has 0 aromatic carbocycles. The fourth-order valence-electron chi connectivity index (χ4n) is 2.48. The number of carbonyl (C=O) groups is 1. The van der Waals surface area contributed by atoms with E-state index in [2.05, 4.69) is 10.3 Å². The third-order valence-electron chi connectivity index (χ3n) is 3.51. The molecular formula is C12H17N3O3S. The Hall–Kier alpha value is -1.18. The molecule has 0 unspecified atom stereocenters. The van der Waals surface area contributed by atoms with Crippen LogP contribution in [0, 0.1) is 5.92 Å². The van der Waals surface area contributed by atoms with Crippen LogP contribution in [0.15, 0.2) is 11.6 Å². The number of hydrogen-bond donors (Lipinski definition) is 1. The summed E-state index contributed by atoms with van der Waals surface area (Å²) in [7, 11) is 0. The summed E-state index contributed by atoms with van der Waals surface area (Å²) in [6.45, 7) is 2.86. The largest absolute Gasteiger partial charge is 0.350 e. The summed E-state index contributed by atoms with van der Waals surface area (Å²) < 4.78 is 11.0. The van der Waals surface area contributed by atoms with Crippen molar-refractivity contribution in [1.82, 2.24) is 9.88 Å². The van der Waals surface area contributed by atoms with Gasteiger partial charge in [0.05, 0.1) is 13.2 Å². The average molecular weight is 283 g/mol. The van der Waals surface area contributed by atoms with E-state index >= 15 is 0 Å². The maximum Gasteiger partial charge on any atom is 0.323 e. The van der Waals surface area contributed by atoms with E-state index in [1.165, 1.54) is 11.3 Å². The zero-order chi connectivity index (χ0) is 13.1. The van der Waals surface area contributed by atoms with Crippen molar-refractivity contribution in [3.8, 4) is 0 Å². The van der Waals surface area contributed by atoms with Crippen molar-refractivity contribution in [2.24, 2.45) is 5.92 Å². The predicted octanol–water partition coefficient (Wildman–Crippen LogP) is 1.76. The maximum absolute atomic E-state index is 12.0. The zero-order valence-electron chi connectivity index (χ0n) is 10.6. The van der Waals surface area contributed by atoms with Gasteiger partial charge in [0.15, 0.2) is 11.4 Å². The van der Waals surface area contributed by atoms with Gasteiger partial charge in [-0.05, 0) is 12.8 Å². The van der Waals surface area contributed by atoms with Gasteiger partial charge in [-0.1, -0.05) is 0 Å². The van der Waals surface area contributed by atoms with E-state index in [-0.39, 0.29) is 12.3 Å². The number of nitrogens with zero attached hydrogens (tertiary/aromatic N) is 2. The summed E-state index contributed by atoms with van der Waals surface area (Å²) in [6, 6.07) is -0.0679. The molecule has 7 heteroatoms. The molecule has 2 aliphatic rings. The quantitative estimate of drug-likeness (QED) is 0.898. The molecule has 1 aromatic heterocycles. The molecule has 0 bridgehead atoms. The number of hydrogen-bond acceptors (Lipinski definition) is 5. The first-order chi connectivity index (χ1) is 9.33. The maximum atomic E-state index is 12.0. The minimum atomic E-state index is -0.0679. The number of thiazole rings is 1. The number of anilines is 1. The topological polar surface area (TPSA) is 63.7 Å². The Morgan fingerprint density at radius 1 is 1.37 bits per heavy atom. The van der Waals surface area contributed by atoms with Crippen molar-refractivity contribution in [3.63, 3.8) is 0 Å². The fourth-order valence-corrected chi connectivity index (χ4v) is 3.00.